The molecule has 3 amide bonds. The van der Waals surface area contributed by atoms with Crippen LogP contribution in [0.3, 0.4) is 0 Å². The van der Waals surface area contributed by atoms with E-state index in [0.29, 0.717) is 29.9 Å². The number of benzene rings is 4. The minimum Gasteiger partial charge on any atom is -0.487 e. The molecular formula is C30H25FN4O3S. The summed E-state index contributed by atoms with van der Waals surface area (Å²) in [5.74, 6) is -0.989. The van der Waals surface area contributed by atoms with Crippen LogP contribution in [0, 0.1) is 17.1 Å². The summed E-state index contributed by atoms with van der Waals surface area (Å²) >= 11 is 4.35. The van der Waals surface area contributed by atoms with Gasteiger partial charge in [-0.05, 0) is 53.9 Å². The van der Waals surface area contributed by atoms with Gasteiger partial charge < -0.3 is 15.4 Å². The van der Waals surface area contributed by atoms with Crippen LogP contribution in [0.1, 0.15) is 27.0 Å². The lowest BCUT2D eigenvalue weighted by Gasteiger charge is -2.20. The highest BCUT2D eigenvalue weighted by Crippen LogP contribution is 2.32. The lowest BCUT2D eigenvalue weighted by atomic mass is 10.1. The first-order chi connectivity index (χ1) is 18.9. The Bertz CT molecular complexity index is 1490. The first kappa shape index (κ1) is 27.2. The third-order valence-electron chi connectivity index (χ3n) is 5.78. The second kappa shape index (κ2) is 13.1. The molecule has 4 rings (SSSR count). The molecule has 0 saturated heterocycles. The molecule has 0 heterocycles. The Morgan fingerprint density at radius 1 is 0.923 bits per heavy atom. The number of hydrogen-bond acceptors (Lipinski definition) is 5. The lowest BCUT2D eigenvalue weighted by molar-refractivity contribution is 0.102. The van der Waals surface area contributed by atoms with Crippen LogP contribution in [0.5, 0.6) is 5.75 Å². The molecule has 0 radical (unpaired) electrons. The van der Waals surface area contributed by atoms with Gasteiger partial charge in [0.05, 0.1) is 28.6 Å². The Hall–Kier alpha value is -4.81. The van der Waals surface area contributed by atoms with Crippen molar-refractivity contribution in [3.05, 3.63) is 125 Å². The Morgan fingerprint density at radius 3 is 2.36 bits per heavy atom. The predicted molar refractivity (Wildman–Crippen MR) is 151 cm³/mol. The monoisotopic (exact) mass is 540 g/mol. The molecule has 4 aromatic carbocycles. The molecule has 0 saturated carbocycles. The Labute approximate surface area is 231 Å². The Balaban J connectivity index is 1.47. The van der Waals surface area contributed by atoms with Crippen molar-refractivity contribution in [3.63, 3.8) is 0 Å². The van der Waals surface area contributed by atoms with Crippen molar-refractivity contribution >= 4 is 36.1 Å². The number of nitrogens with one attached hydrogen (secondary N) is 2. The fourth-order valence-electron chi connectivity index (χ4n) is 3.69. The summed E-state index contributed by atoms with van der Waals surface area (Å²) in [6.07, 6.45) is 0.575. The van der Waals surface area contributed by atoms with E-state index in [0.717, 1.165) is 15.4 Å². The summed E-state index contributed by atoms with van der Waals surface area (Å²) in [6.45, 7) is 0.562. The van der Waals surface area contributed by atoms with Crippen LogP contribution in [-0.2, 0) is 13.0 Å². The molecule has 0 unspecified atom stereocenters. The highest BCUT2D eigenvalue weighted by atomic mass is 32.1. The maximum atomic E-state index is 14.1. The van der Waals surface area contributed by atoms with E-state index in [1.807, 2.05) is 42.5 Å². The molecule has 2 N–H and O–H groups in total. The van der Waals surface area contributed by atoms with E-state index in [2.05, 4.69) is 29.5 Å². The van der Waals surface area contributed by atoms with Crippen LogP contribution in [-0.4, -0.2) is 18.5 Å². The minimum atomic E-state index is -0.641. The number of amides is 3. The average Bonchev–Trinajstić information content (AvgIpc) is 2.97. The van der Waals surface area contributed by atoms with E-state index < -0.39 is 17.8 Å². The first-order valence-electron chi connectivity index (χ1n) is 12.1. The van der Waals surface area contributed by atoms with Crippen molar-refractivity contribution < 1.29 is 18.7 Å². The number of rotatable bonds is 9. The van der Waals surface area contributed by atoms with Gasteiger partial charge in [0.2, 0.25) is 0 Å². The predicted octanol–water partition coefficient (Wildman–Crippen LogP) is 6.13. The largest absolute Gasteiger partial charge is 0.487 e. The number of thiol groups is 1. The zero-order valence-electron chi connectivity index (χ0n) is 20.8. The summed E-state index contributed by atoms with van der Waals surface area (Å²) in [5.41, 5.74) is 3.06. The second-order valence-corrected chi connectivity index (χ2v) is 8.89. The number of halogens is 1. The van der Waals surface area contributed by atoms with E-state index in [4.69, 9.17) is 10.00 Å². The molecule has 0 aromatic heterocycles. The second-order valence-electron chi connectivity index (χ2n) is 8.49. The molecule has 0 atom stereocenters. The van der Waals surface area contributed by atoms with Crippen molar-refractivity contribution in [2.45, 2.75) is 13.0 Å². The Kier molecular flexibility index (Phi) is 9.16. The third kappa shape index (κ3) is 7.37. The molecule has 0 bridgehead atoms. The van der Waals surface area contributed by atoms with Crippen molar-refractivity contribution in [1.82, 2.24) is 5.32 Å². The van der Waals surface area contributed by atoms with Crippen molar-refractivity contribution in [2.75, 3.05) is 16.2 Å². The van der Waals surface area contributed by atoms with Gasteiger partial charge in [-0.1, -0.05) is 67.4 Å². The number of urea groups is 1. The van der Waals surface area contributed by atoms with Crippen LogP contribution < -0.4 is 19.7 Å². The molecule has 196 valence electrons. The number of hydrogen-bond donors (Lipinski definition) is 3. The van der Waals surface area contributed by atoms with Gasteiger partial charge in [-0.15, -0.1) is 0 Å². The first-order valence-corrected chi connectivity index (χ1v) is 12.5. The molecule has 9 heteroatoms. The van der Waals surface area contributed by atoms with Gasteiger partial charge in [0.1, 0.15) is 18.2 Å². The standard InChI is InChI=1S/C30H25FN4O3S/c31-26-9-5-4-8-25(26)29(36)34-27-15-14-24(18-28(27)38-20-23-6-2-1-3-7-23)35(39)30(37)33-17-16-21-10-12-22(19-32)13-11-21/h1-15,18,39H,16-17,20H2,(H,33,37)(H,34,36). The normalized spacial score (nSPS) is 10.3. The fraction of sp³-hybridized carbons (Fsp3) is 0.100. The third-order valence-corrected chi connectivity index (χ3v) is 6.19. The van der Waals surface area contributed by atoms with Crippen LogP contribution in [0.25, 0.3) is 0 Å². The van der Waals surface area contributed by atoms with Crippen LogP contribution in [0.4, 0.5) is 20.6 Å². The topological polar surface area (TPSA) is 94.5 Å². The minimum absolute atomic E-state index is 0.104. The van der Waals surface area contributed by atoms with Gasteiger partial charge in [0.25, 0.3) is 5.91 Å². The summed E-state index contributed by atoms with van der Waals surface area (Å²) in [7, 11) is 0. The van der Waals surface area contributed by atoms with Gasteiger partial charge in [0.15, 0.2) is 0 Å². The molecular weight excluding hydrogens is 515 g/mol. The smallest absolute Gasteiger partial charge is 0.331 e. The summed E-state index contributed by atoms with van der Waals surface area (Å²) in [4.78, 5) is 25.5. The fourth-order valence-corrected chi connectivity index (χ4v) is 3.88. The molecule has 0 fully saturated rings. The summed E-state index contributed by atoms with van der Waals surface area (Å²) in [6, 6.07) is 28.6. The maximum absolute atomic E-state index is 14.1. The number of carbonyl (C=O) groups is 2. The number of nitriles is 1. The molecule has 39 heavy (non-hydrogen) atoms. The summed E-state index contributed by atoms with van der Waals surface area (Å²) < 4.78 is 21.3. The molecule has 4 aromatic rings. The average molecular weight is 541 g/mol. The van der Waals surface area contributed by atoms with Gasteiger partial charge in [-0.3, -0.25) is 4.79 Å². The van der Waals surface area contributed by atoms with Crippen molar-refractivity contribution in [3.8, 4) is 11.8 Å². The molecule has 0 aliphatic heterocycles. The van der Waals surface area contributed by atoms with Gasteiger partial charge >= 0.3 is 6.03 Å². The van der Waals surface area contributed by atoms with E-state index in [1.54, 1.807) is 36.4 Å². The van der Waals surface area contributed by atoms with E-state index in [1.165, 1.54) is 18.2 Å². The van der Waals surface area contributed by atoms with Crippen molar-refractivity contribution in [1.29, 1.82) is 5.26 Å². The molecule has 7 nitrogen and oxygen atoms in total. The van der Waals surface area contributed by atoms with Crippen LogP contribution >= 0.6 is 12.8 Å². The lowest BCUT2D eigenvalue weighted by Crippen LogP contribution is -2.35. The molecule has 0 aliphatic rings. The summed E-state index contributed by atoms with van der Waals surface area (Å²) in [5, 5.41) is 14.4. The van der Waals surface area contributed by atoms with Crippen molar-refractivity contribution in [2.24, 2.45) is 0 Å². The SMILES string of the molecule is N#Cc1ccc(CCNC(=O)N(S)c2ccc(NC(=O)c3ccccc3F)c(OCc3ccccc3)c2)cc1. The zero-order chi connectivity index (χ0) is 27.6. The Morgan fingerprint density at radius 2 is 1.64 bits per heavy atom. The molecule has 0 spiro atoms. The van der Waals surface area contributed by atoms with E-state index in [-0.39, 0.29) is 17.9 Å². The number of carbonyl (C=O) groups excluding carboxylic acids is 2. The van der Waals surface area contributed by atoms with Gasteiger partial charge in [0, 0.05) is 12.6 Å². The van der Waals surface area contributed by atoms with Crippen LogP contribution in [0.2, 0.25) is 0 Å². The number of anilines is 2. The quantitative estimate of drug-likeness (QED) is 0.223. The van der Waals surface area contributed by atoms with E-state index >= 15 is 0 Å². The van der Waals surface area contributed by atoms with Crippen LogP contribution in [0.15, 0.2) is 97.1 Å². The highest BCUT2D eigenvalue weighted by molar-refractivity contribution is 7.82. The zero-order valence-corrected chi connectivity index (χ0v) is 21.7. The van der Waals surface area contributed by atoms with E-state index in [9.17, 15) is 14.0 Å². The van der Waals surface area contributed by atoms with Gasteiger partial charge in [-0.25, -0.2) is 13.5 Å². The number of nitrogens with zero attached hydrogens (tertiary/aromatic N) is 2. The van der Waals surface area contributed by atoms with Gasteiger partial charge in [-0.2, -0.15) is 5.26 Å². The molecule has 0 aliphatic carbocycles. The number of ether oxygens (including phenoxy) is 1. The maximum Gasteiger partial charge on any atom is 0.331 e. The highest BCUT2D eigenvalue weighted by Gasteiger charge is 2.18.